The van der Waals surface area contributed by atoms with Gasteiger partial charge in [0, 0.05) is 44.6 Å². The van der Waals surface area contributed by atoms with Crippen molar-refractivity contribution in [2.45, 2.75) is 52.1 Å². The molecular weight excluding hydrogens is 342 g/mol. The minimum atomic E-state index is -0.158. The van der Waals surface area contributed by atoms with Gasteiger partial charge >= 0.3 is 0 Å². The van der Waals surface area contributed by atoms with E-state index in [4.69, 9.17) is 4.52 Å². The summed E-state index contributed by atoms with van der Waals surface area (Å²) in [7, 11) is 0. The van der Waals surface area contributed by atoms with E-state index in [2.05, 4.69) is 19.0 Å². The van der Waals surface area contributed by atoms with Crippen molar-refractivity contribution in [2.75, 3.05) is 13.1 Å². The van der Waals surface area contributed by atoms with Gasteiger partial charge < -0.3 is 14.3 Å². The summed E-state index contributed by atoms with van der Waals surface area (Å²) >= 11 is 0. The maximum Gasteiger partial charge on any atom is 0.276 e. The second kappa shape index (κ2) is 8.84. The largest absolute Gasteiger partial charge is 0.361 e. The van der Waals surface area contributed by atoms with E-state index < -0.39 is 0 Å². The molecule has 6 nitrogen and oxygen atoms in total. The van der Waals surface area contributed by atoms with Crippen LogP contribution >= 0.6 is 0 Å². The highest BCUT2D eigenvalue weighted by molar-refractivity contribution is 5.93. The lowest BCUT2D eigenvalue weighted by molar-refractivity contribution is -0.133. The molecule has 1 unspecified atom stereocenters. The normalized spacial score (nSPS) is 17.9. The molecule has 1 saturated heterocycles. The van der Waals surface area contributed by atoms with Crippen molar-refractivity contribution in [3.8, 4) is 0 Å². The number of benzene rings is 1. The monoisotopic (exact) mass is 369 g/mol. The summed E-state index contributed by atoms with van der Waals surface area (Å²) in [4.78, 5) is 29.3. The van der Waals surface area contributed by atoms with Crippen molar-refractivity contribution in [1.82, 2.24) is 15.0 Å². The number of nitrogens with zero attached hydrogens (tertiary/aromatic N) is 3. The Labute approximate surface area is 160 Å². The minimum absolute atomic E-state index is 0.00818. The Morgan fingerprint density at radius 2 is 2.04 bits per heavy atom. The Bertz CT molecular complexity index is 772. The van der Waals surface area contributed by atoms with Crippen molar-refractivity contribution in [3.63, 3.8) is 0 Å². The quantitative estimate of drug-likeness (QED) is 0.784. The third-order valence-electron chi connectivity index (χ3n) is 5.02. The fourth-order valence-corrected chi connectivity index (χ4v) is 3.49. The minimum Gasteiger partial charge on any atom is -0.361 e. The average Bonchev–Trinajstić information content (AvgIpc) is 3.09. The molecule has 0 radical (unpaired) electrons. The smallest absolute Gasteiger partial charge is 0.276 e. The van der Waals surface area contributed by atoms with E-state index in [-0.39, 0.29) is 17.9 Å². The number of hydrogen-bond acceptors (Lipinski definition) is 4. The molecule has 1 atom stereocenters. The van der Waals surface area contributed by atoms with E-state index in [1.807, 2.05) is 35.2 Å². The van der Waals surface area contributed by atoms with Crippen LogP contribution in [0.2, 0.25) is 0 Å². The Morgan fingerprint density at radius 1 is 1.26 bits per heavy atom. The van der Waals surface area contributed by atoms with Crippen LogP contribution in [0.4, 0.5) is 0 Å². The number of amides is 2. The predicted molar refractivity (Wildman–Crippen MR) is 102 cm³/mol. The van der Waals surface area contributed by atoms with Crippen LogP contribution in [-0.4, -0.2) is 45.9 Å². The first-order valence-electron chi connectivity index (χ1n) is 9.70. The van der Waals surface area contributed by atoms with Crippen molar-refractivity contribution >= 4 is 11.8 Å². The van der Waals surface area contributed by atoms with E-state index in [9.17, 15) is 9.59 Å². The molecule has 2 amide bonds. The summed E-state index contributed by atoms with van der Waals surface area (Å²) in [6.45, 7) is 5.61. The summed E-state index contributed by atoms with van der Waals surface area (Å²) in [5.74, 6) is 0.659. The van der Waals surface area contributed by atoms with E-state index in [0.717, 1.165) is 30.6 Å². The van der Waals surface area contributed by atoms with Crippen LogP contribution in [0.5, 0.6) is 0 Å². The van der Waals surface area contributed by atoms with Gasteiger partial charge in [-0.05, 0) is 18.4 Å². The lowest BCUT2D eigenvalue weighted by Gasteiger charge is -2.31. The first kappa shape index (κ1) is 19.1. The molecule has 3 rings (SSSR count). The third kappa shape index (κ3) is 4.56. The van der Waals surface area contributed by atoms with Gasteiger partial charge in [-0.1, -0.05) is 49.3 Å². The molecule has 1 aliphatic rings. The first-order chi connectivity index (χ1) is 13.1. The van der Waals surface area contributed by atoms with Crippen LogP contribution in [0.3, 0.4) is 0 Å². The zero-order valence-corrected chi connectivity index (χ0v) is 16.1. The molecule has 2 aromatic rings. The summed E-state index contributed by atoms with van der Waals surface area (Å²) in [5.41, 5.74) is 1.43. The fourth-order valence-electron chi connectivity index (χ4n) is 3.49. The van der Waals surface area contributed by atoms with Gasteiger partial charge in [-0.3, -0.25) is 9.59 Å². The molecular formula is C21H27N3O3. The van der Waals surface area contributed by atoms with Crippen molar-refractivity contribution in [2.24, 2.45) is 0 Å². The number of hydrogen-bond donors (Lipinski definition) is 0. The van der Waals surface area contributed by atoms with Gasteiger partial charge in [-0.15, -0.1) is 0 Å². The van der Waals surface area contributed by atoms with E-state index >= 15 is 0 Å². The average molecular weight is 369 g/mol. The van der Waals surface area contributed by atoms with Gasteiger partial charge in [-0.25, -0.2) is 0 Å². The summed E-state index contributed by atoms with van der Waals surface area (Å²) in [6.07, 6.45) is 2.82. The molecule has 0 spiro atoms. The molecule has 0 aliphatic carbocycles. The van der Waals surface area contributed by atoms with E-state index in [1.165, 1.54) is 0 Å². The molecule has 1 aromatic heterocycles. The van der Waals surface area contributed by atoms with Crippen molar-refractivity contribution in [1.29, 1.82) is 0 Å². The number of carbonyl (C=O) groups excluding carboxylic acids is 2. The number of aromatic nitrogens is 1. The third-order valence-corrected chi connectivity index (χ3v) is 5.02. The molecule has 144 valence electrons. The molecule has 2 heterocycles. The Kier molecular flexibility index (Phi) is 6.27. The van der Waals surface area contributed by atoms with Crippen molar-refractivity contribution in [3.05, 3.63) is 53.4 Å². The predicted octanol–water partition coefficient (Wildman–Crippen LogP) is 3.28. The second-order valence-corrected chi connectivity index (χ2v) is 7.00. The van der Waals surface area contributed by atoms with Crippen LogP contribution in [0, 0.1) is 0 Å². The van der Waals surface area contributed by atoms with E-state index in [0.29, 0.717) is 31.7 Å². The summed E-state index contributed by atoms with van der Waals surface area (Å²) < 4.78 is 5.25. The highest BCUT2D eigenvalue weighted by atomic mass is 16.5. The molecule has 6 heteroatoms. The van der Waals surface area contributed by atoms with E-state index in [1.54, 1.807) is 11.0 Å². The maximum atomic E-state index is 12.9. The van der Waals surface area contributed by atoms with Gasteiger partial charge in [0.1, 0.15) is 5.76 Å². The van der Waals surface area contributed by atoms with Gasteiger partial charge in [0.05, 0.1) is 0 Å². The van der Waals surface area contributed by atoms with Gasteiger partial charge in [0.25, 0.3) is 5.91 Å². The lowest BCUT2D eigenvalue weighted by atomic mass is 10.1. The van der Waals surface area contributed by atoms with Crippen LogP contribution in [-0.2, 0) is 17.8 Å². The number of aryl methyl sites for hydroxylation is 1. The fraction of sp³-hybridized carbons (Fsp3) is 0.476. The lowest BCUT2D eigenvalue weighted by Crippen LogP contribution is -2.43. The van der Waals surface area contributed by atoms with Gasteiger partial charge in [0.2, 0.25) is 5.91 Å². The van der Waals surface area contributed by atoms with Crippen LogP contribution in [0.25, 0.3) is 0 Å². The Morgan fingerprint density at radius 3 is 2.74 bits per heavy atom. The van der Waals surface area contributed by atoms with Crippen LogP contribution in [0.1, 0.15) is 54.9 Å². The maximum absolute atomic E-state index is 12.9. The summed E-state index contributed by atoms with van der Waals surface area (Å²) in [5, 5.41) is 3.93. The topological polar surface area (TPSA) is 66.7 Å². The molecule has 1 aliphatic heterocycles. The summed E-state index contributed by atoms with van der Waals surface area (Å²) in [6, 6.07) is 11.7. The number of rotatable bonds is 6. The van der Waals surface area contributed by atoms with Crippen molar-refractivity contribution < 1.29 is 14.1 Å². The highest BCUT2D eigenvalue weighted by Crippen LogP contribution is 2.19. The van der Waals surface area contributed by atoms with Gasteiger partial charge in [-0.2, -0.15) is 0 Å². The molecule has 0 bridgehead atoms. The zero-order valence-electron chi connectivity index (χ0n) is 16.1. The molecule has 0 N–H and O–H groups in total. The number of carbonyl (C=O) groups is 2. The standard InChI is InChI=1S/C21H27N3O3/c1-3-8-18-13-19(22-27-18)21(26)23-12-11-20(25)24(17(4-2)15-23)14-16-9-6-5-7-10-16/h5-7,9-10,13,17H,3-4,8,11-12,14-15H2,1-2H3. The molecule has 0 saturated carbocycles. The van der Waals surface area contributed by atoms with Crippen LogP contribution in [0.15, 0.2) is 40.9 Å². The van der Waals surface area contributed by atoms with Crippen LogP contribution < -0.4 is 0 Å². The highest BCUT2D eigenvalue weighted by Gasteiger charge is 2.32. The van der Waals surface area contributed by atoms with Gasteiger partial charge in [0.15, 0.2) is 5.69 Å². The Balaban J connectivity index is 1.74. The molecule has 1 fully saturated rings. The zero-order chi connectivity index (χ0) is 19.2. The second-order valence-electron chi connectivity index (χ2n) is 7.00. The molecule has 27 heavy (non-hydrogen) atoms. The molecule has 1 aromatic carbocycles. The SMILES string of the molecule is CCCc1cc(C(=O)N2CCC(=O)N(Cc3ccccc3)C(CC)C2)no1. The Hall–Kier alpha value is -2.63. The first-order valence-corrected chi connectivity index (χ1v) is 9.70.